The molecular formula is C16H17Cl2N3OS. The van der Waals surface area contributed by atoms with E-state index in [0.29, 0.717) is 16.1 Å². The van der Waals surface area contributed by atoms with Gasteiger partial charge in [-0.15, -0.1) is 11.8 Å². The molecule has 0 radical (unpaired) electrons. The lowest BCUT2D eigenvalue weighted by molar-refractivity contribution is -0.113. The van der Waals surface area contributed by atoms with Gasteiger partial charge < -0.3 is 5.32 Å². The second kappa shape index (κ2) is 7.60. The van der Waals surface area contributed by atoms with Crippen LogP contribution in [0.3, 0.4) is 0 Å². The minimum atomic E-state index is -0.0919. The van der Waals surface area contributed by atoms with Crippen molar-refractivity contribution in [2.45, 2.75) is 36.6 Å². The molecule has 23 heavy (non-hydrogen) atoms. The van der Waals surface area contributed by atoms with Crippen LogP contribution in [0.25, 0.3) is 0 Å². The summed E-state index contributed by atoms with van der Waals surface area (Å²) in [5.74, 6) is 0.915. The molecule has 0 spiro atoms. The van der Waals surface area contributed by atoms with E-state index >= 15 is 0 Å². The average Bonchev–Trinajstić information content (AvgIpc) is 3.17. The molecule has 1 aromatic carbocycles. The second-order valence-electron chi connectivity index (χ2n) is 5.49. The van der Waals surface area contributed by atoms with Crippen LogP contribution in [0.15, 0.2) is 35.4 Å². The van der Waals surface area contributed by atoms with E-state index in [2.05, 4.69) is 10.4 Å². The molecule has 1 aliphatic carbocycles. The van der Waals surface area contributed by atoms with E-state index in [1.807, 2.05) is 10.7 Å². The molecule has 0 aliphatic heterocycles. The highest BCUT2D eigenvalue weighted by Crippen LogP contribution is 2.34. The molecule has 4 nitrogen and oxygen atoms in total. The Kier molecular flexibility index (Phi) is 5.51. The second-order valence-corrected chi connectivity index (χ2v) is 7.29. The lowest BCUT2D eigenvalue weighted by atomic mass is 10.2. The third-order valence-electron chi connectivity index (χ3n) is 3.87. The van der Waals surface area contributed by atoms with Crippen LogP contribution in [-0.2, 0) is 4.79 Å². The van der Waals surface area contributed by atoms with Gasteiger partial charge in [0.05, 0.1) is 28.0 Å². The van der Waals surface area contributed by atoms with Crippen LogP contribution in [0.4, 0.5) is 5.82 Å². The number of nitrogens with one attached hydrogen (secondary N) is 1. The molecule has 1 amide bonds. The molecule has 0 atom stereocenters. The quantitative estimate of drug-likeness (QED) is 0.751. The fraction of sp³-hybridized carbons (Fsp3) is 0.375. The molecule has 1 aromatic heterocycles. The predicted molar refractivity (Wildman–Crippen MR) is 95.5 cm³/mol. The van der Waals surface area contributed by atoms with Gasteiger partial charge in [0.2, 0.25) is 5.91 Å². The van der Waals surface area contributed by atoms with E-state index in [-0.39, 0.29) is 11.7 Å². The van der Waals surface area contributed by atoms with Crippen LogP contribution in [0.2, 0.25) is 10.0 Å². The summed E-state index contributed by atoms with van der Waals surface area (Å²) in [4.78, 5) is 12.9. The third-order valence-corrected chi connectivity index (χ3v) is 5.86. The van der Waals surface area contributed by atoms with Crippen molar-refractivity contribution in [1.29, 1.82) is 0 Å². The van der Waals surface area contributed by atoms with Crippen LogP contribution >= 0.6 is 35.0 Å². The van der Waals surface area contributed by atoms with Crippen molar-refractivity contribution in [3.05, 3.63) is 40.5 Å². The minimum Gasteiger partial charge on any atom is -0.310 e. The van der Waals surface area contributed by atoms with Gasteiger partial charge in [0.1, 0.15) is 5.82 Å². The van der Waals surface area contributed by atoms with E-state index in [9.17, 15) is 4.79 Å². The SMILES string of the molecule is O=C(CSc1c(Cl)cccc1Cl)Nc1ccnn1C1CCCC1. The molecule has 1 fully saturated rings. The zero-order valence-electron chi connectivity index (χ0n) is 12.5. The van der Waals surface area contributed by atoms with Gasteiger partial charge in [-0.2, -0.15) is 5.10 Å². The van der Waals surface area contributed by atoms with Gasteiger partial charge in [-0.1, -0.05) is 42.1 Å². The van der Waals surface area contributed by atoms with Crippen molar-refractivity contribution in [2.24, 2.45) is 0 Å². The molecule has 2 aromatic rings. The Morgan fingerprint density at radius 1 is 1.26 bits per heavy atom. The third kappa shape index (κ3) is 4.03. The molecule has 3 rings (SSSR count). The van der Waals surface area contributed by atoms with Crippen molar-refractivity contribution in [3.8, 4) is 0 Å². The summed E-state index contributed by atoms with van der Waals surface area (Å²) in [6.07, 6.45) is 6.41. The van der Waals surface area contributed by atoms with Crippen molar-refractivity contribution in [2.75, 3.05) is 11.1 Å². The number of hydrogen-bond donors (Lipinski definition) is 1. The standard InChI is InChI=1S/C16H17Cl2N3OS/c17-12-6-3-7-13(18)16(12)23-10-15(22)20-14-8-9-19-21(14)11-4-1-2-5-11/h3,6-9,11H,1-2,4-5,10H2,(H,20,22). The van der Waals surface area contributed by atoms with Gasteiger partial charge in [-0.25, -0.2) is 4.68 Å². The van der Waals surface area contributed by atoms with Crippen molar-refractivity contribution in [3.63, 3.8) is 0 Å². The maximum Gasteiger partial charge on any atom is 0.235 e. The van der Waals surface area contributed by atoms with E-state index < -0.39 is 0 Å². The van der Waals surface area contributed by atoms with Crippen LogP contribution in [-0.4, -0.2) is 21.4 Å². The number of rotatable bonds is 5. The van der Waals surface area contributed by atoms with E-state index in [4.69, 9.17) is 23.2 Å². The monoisotopic (exact) mass is 369 g/mol. The Morgan fingerprint density at radius 2 is 1.96 bits per heavy atom. The number of anilines is 1. The van der Waals surface area contributed by atoms with Gasteiger partial charge >= 0.3 is 0 Å². The van der Waals surface area contributed by atoms with Gasteiger partial charge in [-0.05, 0) is 25.0 Å². The van der Waals surface area contributed by atoms with Crippen molar-refractivity contribution in [1.82, 2.24) is 9.78 Å². The average molecular weight is 370 g/mol. The van der Waals surface area contributed by atoms with Crippen molar-refractivity contribution < 1.29 is 4.79 Å². The molecule has 1 saturated carbocycles. The molecule has 0 bridgehead atoms. The molecule has 1 aliphatic rings. The van der Waals surface area contributed by atoms with E-state index in [1.54, 1.807) is 24.4 Å². The van der Waals surface area contributed by atoms with Gasteiger partial charge in [0.15, 0.2) is 0 Å². The zero-order chi connectivity index (χ0) is 16.2. The predicted octanol–water partition coefficient (Wildman–Crippen LogP) is 5.04. The minimum absolute atomic E-state index is 0.0919. The van der Waals surface area contributed by atoms with E-state index in [1.165, 1.54) is 24.6 Å². The van der Waals surface area contributed by atoms with Gasteiger partial charge in [0, 0.05) is 11.0 Å². The number of thioether (sulfide) groups is 1. The normalized spacial score (nSPS) is 15.0. The Balaban J connectivity index is 1.61. The Labute approximate surface area is 149 Å². The zero-order valence-corrected chi connectivity index (χ0v) is 14.8. The number of halogens is 2. The highest BCUT2D eigenvalue weighted by atomic mass is 35.5. The first-order chi connectivity index (χ1) is 11.1. The number of amides is 1. The first-order valence-electron chi connectivity index (χ1n) is 7.55. The summed E-state index contributed by atoms with van der Waals surface area (Å²) in [5.41, 5.74) is 0. The number of nitrogens with zero attached hydrogens (tertiary/aromatic N) is 2. The Bertz CT molecular complexity index is 678. The summed E-state index contributed by atoms with van der Waals surface area (Å²) in [6, 6.07) is 7.55. The van der Waals surface area contributed by atoms with Crippen LogP contribution in [0.1, 0.15) is 31.7 Å². The molecule has 1 N–H and O–H groups in total. The van der Waals surface area contributed by atoms with Crippen LogP contribution in [0, 0.1) is 0 Å². The topological polar surface area (TPSA) is 46.9 Å². The fourth-order valence-corrected chi connectivity index (χ4v) is 4.27. The lowest BCUT2D eigenvalue weighted by Crippen LogP contribution is -2.19. The number of benzene rings is 1. The Hall–Kier alpha value is -1.17. The Morgan fingerprint density at radius 3 is 2.65 bits per heavy atom. The van der Waals surface area contributed by atoms with Crippen molar-refractivity contribution >= 4 is 46.7 Å². The largest absolute Gasteiger partial charge is 0.310 e. The summed E-state index contributed by atoms with van der Waals surface area (Å²) in [5, 5.41) is 8.40. The fourth-order valence-electron chi connectivity index (χ4n) is 2.79. The summed E-state index contributed by atoms with van der Waals surface area (Å²) < 4.78 is 1.93. The smallest absolute Gasteiger partial charge is 0.235 e. The number of aromatic nitrogens is 2. The molecule has 122 valence electrons. The molecule has 1 heterocycles. The first-order valence-corrected chi connectivity index (χ1v) is 9.29. The van der Waals surface area contributed by atoms with Crippen LogP contribution < -0.4 is 5.32 Å². The van der Waals surface area contributed by atoms with Gasteiger partial charge in [-0.3, -0.25) is 4.79 Å². The molecule has 7 heteroatoms. The summed E-state index contributed by atoms with van der Waals surface area (Å²) >= 11 is 13.6. The van der Waals surface area contributed by atoms with E-state index in [0.717, 1.165) is 23.6 Å². The number of carbonyl (C=O) groups excluding carboxylic acids is 1. The molecule has 0 saturated heterocycles. The number of carbonyl (C=O) groups is 1. The number of hydrogen-bond acceptors (Lipinski definition) is 3. The summed E-state index contributed by atoms with van der Waals surface area (Å²) in [6.45, 7) is 0. The molecule has 0 unspecified atom stereocenters. The molecular weight excluding hydrogens is 353 g/mol. The highest BCUT2D eigenvalue weighted by Gasteiger charge is 2.20. The van der Waals surface area contributed by atoms with Gasteiger partial charge in [0.25, 0.3) is 0 Å². The maximum atomic E-state index is 12.2. The highest BCUT2D eigenvalue weighted by molar-refractivity contribution is 8.00. The summed E-state index contributed by atoms with van der Waals surface area (Å²) in [7, 11) is 0. The maximum absolute atomic E-state index is 12.2. The van der Waals surface area contributed by atoms with Crippen LogP contribution in [0.5, 0.6) is 0 Å². The first kappa shape index (κ1) is 16.7. The lowest BCUT2D eigenvalue weighted by Gasteiger charge is -2.14.